The molecule has 39 heavy (non-hydrogen) atoms. The molecule has 1 heterocycles. The smallest absolute Gasteiger partial charge is 0.414 e. The van der Waals surface area contributed by atoms with Crippen molar-refractivity contribution in [1.29, 1.82) is 0 Å². The normalized spacial score (nSPS) is 10.6. The Balaban J connectivity index is 0.000000798. The molecule has 11 nitrogen and oxygen atoms in total. The summed E-state index contributed by atoms with van der Waals surface area (Å²) in [6.45, 7) is 10.8. The standard InChI is InChI=1S/C26H35N3O4.C2H2O4/c1-17(2)13-29(14-19-8-9-22(30-5)25(10-19)33-15-18(3)4)26-20-11-23(31-6)24(32-7)12-21(20)27-16-28-26;3-1(4)2(5)6/h8-12,16-18H,13-15H2,1-7H3;(H,3,4)(H,5,6). The molecule has 0 atom stereocenters. The third-order valence-corrected chi connectivity index (χ3v) is 5.36. The largest absolute Gasteiger partial charge is 0.493 e. The molecule has 1 aromatic heterocycles. The van der Waals surface area contributed by atoms with Gasteiger partial charge in [0.1, 0.15) is 12.1 Å². The van der Waals surface area contributed by atoms with Gasteiger partial charge in [-0.1, -0.05) is 33.8 Å². The molecule has 0 unspecified atom stereocenters. The van der Waals surface area contributed by atoms with Crippen LogP contribution in [0.2, 0.25) is 0 Å². The zero-order chi connectivity index (χ0) is 29.1. The summed E-state index contributed by atoms with van der Waals surface area (Å²) in [5.41, 5.74) is 1.92. The average molecular weight is 544 g/mol. The van der Waals surface area contributed by atoms with Crippen molar-refractivity contribution in [1.82, 2.24) is 9.97 Å². The Labute approximate surface area is 228 Å². The van der Waals surface area contributed by atoms with Crippen molar-refractivity contribution in [3.05, 3.63) is 42.2 Å². The van der Waals surface area contributed by atoms with Crippen molar-refractivity contribution in [3.8, 4) is 23.0 Å². The van der Waals surface area contributed by atoms with Crippen LogP contribution in [0.25, 0.3) is 10.9 Å². The van der Waals surface area contributed by atoms with Crippen LogP contribution in [0, 0.1) is 11.8 Å². The Morgan fingerprint density at radius 3 is 1.97 bits per heavy atom. The minimum Gasteiger partial charge on any atom is -0.493 e. The van der Waals surface area contributed by atoms with Crippen LogP contribution in [-0.4, -0.2) is 66.6 Å². The van der Waals surface area contributed by atoms with E-state index in [1.165, 1.54) is 0 Å². The Bertz CT molecular complexity index is 1250. The van der Waals surface area contributed by atoms with Gasteiger partial charge in [-0.15, -0.1) is 0 Å². The van der Waals surface area contributed by atoms with Gasteiger partial charge in [0.05, 0.1) is 33.5 Å². The molecule has 3 aromatic rings. The van der Waals surface area contributed by atoms with Crippen LogP contribution < -0.4 is 23.8 Å². The quantitative estimate of drug-likeness (QED) is 0.330. The van der Waals surface area contributed by atoms with Gasteiger partial charge in [0.2, 0.25) is 0 Å². The molecule has 0 bridgehead atoms. The molecule has 0 aliphatic carbocycles. The zero-order valence-corrected chi connectivity index (χ0v) is 23.4. The number of aliphatic carboxylic acids is 2. The van der Waals surface area contributed by atoms with Gasteiger partial charge in [0, 0.05) is 24.5 Å². The Kier molecular flexibility index (Phi) is 11.6. The van der Waals surface area contributed by atoms with Crippen molar-refractivity contribution in [2.45, 2.75) is 34.2 Å². The highest BCUT2D eigenvalue weighted by molar-refractivity contribution is 6.27. The van der Waals surface area contributed by atoms with Crippen molar-refractivity contribution in [3.63, 3.8) is 0 Å². The summed E-state index contributed by atoms with van der Waals surface area (Å²) in [5.74, 6) is 0.859. The molecular formula is C28H37N3O8. The van der Waals surface area contributed by atoms with E-state index in [0.29, 0.717) is 36.5 Å². The molecule has 212 valence electrons. The number of ether oxygens (including phenoxy) is 4. The van der Waals surface area contributed by atoms with E-state index in [0.717, 1.165) is 40.3 Å². The lowest BCUT2D eigenvalue weighted by molar-refractivity contribution is -0.159. The van der Waals surface area contributed by atoms with E-state index in [4.69, 9.17) is 38.7 Å². The molecule has 0 radical (unpaired) electrons. The van der Waals surface area contributed by atoms with Crippen LogP contribution in [0.3, 0.4) is 0 Å². The lowest BCUT2D eigenvalue weighted by atomic mass is 10.1. The SMILES string of the molecule is COc1cc2ncnc(N(Cc3ccc(OC)c(OCC(C)C)c3)CC(C)C)c2cc1OC.O=C(O)C(=O)O. The third kappa shape index (κ3) is 8.91. The van der Waals surface area contributed by atoms with Crippen LogP contribution >= 0.6 is 0 Å². The van der Waals surface area contributed by atoms with E-state index < -0.39 is 11.9 Å². The maximum absolute atomic E-state index is 9.10. The van der Waals surface area contributed by atoms with Crippen molar-refractivity contribution in [2.24, 2.45) is 11.8 Å². The summed E-state index contributed by atoms with van der Waals surface area (Å²) in [6.07, 6.45) is 1.60. The second-order valence-corrected chi connectivity index (χ2v) is 9.50. The topological polar surface area (TPSA) is 141 Å². The fourth-order valence-electron chi connectivity index (χ4n) is 3.70. The Morgan fingerprint density at radius 2 is 1.44 bits per heavy atom. The fourth-order valence-corrected chi connectivity index (χ4v) is 3.70. The molecule has 0 aliphatic heterocycles. The number of rotatable bonds is 11. The predicted octanol–water partition coefficient (Wildman–Crippen LogP) is 4.51. The number of hydrogen-bond acceptors (Lipinski definition) is 9. The number of hydrogen-bond donors (Lipinski definition) is 2. The number of methoxy groups -OCH3 is 3. The van der Waals surface area contributed by atoms with Gasteiger partial charge in [0.25, 0.3) is 0 Å². The van der Waals surface area contributed by atoms with E-state index in [-0.39, 0.29) is 0 Å². The number of nitrogens with zero attached hydrogens (tertiary/aromatic N) is 3. The van der Waals surface area contributed by atoms with Gasteiger partial charge in [0.15, 0.2) is 23.0 Å². The zero-order valence-electron chi connectivity index (χ0n) is 23.4. The van der Waals surface area contributed by atoms with Crippen LogP contribution in [0.4, 0.5) is 5.82 Å². The number of carboxylic acids is 2. The van der Waals surface area contributed by atoms with Gasteiger partial charge in [-0.2, -0.15) is 0 Å². The first-order valence-corrected chi connectivity index (χ1v) is 12.4. The average Bonchev–Trinajstić information content (AvgIpc) is 2.90. The highest BCUT2D eigenvalue weighted by atomic mass is 16.5. The van der Waals surface area contributed by atoms with Crippen LogP contribution in [0.1, 0.15) is 33.3 Å². The molecule has 0 aliphatic rings. The minimum absolute atomic E-state index is 0.426. The highest BCUT2D eigenvalue weighted by Crippen LogP contribution is 2.36. The van der Waals surface area contributed by atoms with E-state index >= 15 is 0 Å². The van der Waals surface area contributed by atoms with Crippen molar-refractivity contribution in [2.75, 3.05) is 39.4 Å². The lowest BCUT2D eigenvalue weighted by Gasteiger charge is -2.27. The second kappa shape index (κ2) is 14.6. The lowest BCUT2D eigenvalue weighted by Crippen LogP contribution is -2.28. The van der Waals surface area contributed by atoms with Gasteiger partial charge in [-0.05, 0) is 35.6 Å². The van der Waals surface area contributed by atoms with E-state index in [1.54, 1.807) is 27.7 Å². The second-order valence-electron chi connectivity index (χ2n) is 9.50. The Hall–Kier alpha value is -4.28. The van der Waals surface area contributed by atoms with E-state index in [2.05, 4.69) is 54.7 Å². The molecular weight excluding hydrogens is 506 g/mol. The summed E-state index contributed by atoms with van der Waals surface area (Å²) in [7, 11) is 4.92. The molecule has 0 spiro atoms. The number of benzene rings is 2. The summed E-state index contributed by atoms with van der Waals surface area (Å²) in [5, 5.41) is 15.7. The first kappa shape index (κ1) is 30.9. The summed E-state index contributed by atoms with van der Waals surface area (Å²) in [6, 6.07) is 9.92. The molecule has 0 saturated heterocycles. The van der Waals surface area contributed by atoms with Crippen LogP contribution in [-0.2, 0) is 16.1 Å². The van der Waals surface area contributed by atoms with Crippen LogP contribution in [0.5, 0.6) is 23.0 Å². The maximum Gasteiger partial charge on any atom is 0.414 e. The molecule has 0 fully saturated rings. The molecule has 2 N–H and O–H groups in total. The first-order chi connectivity index (χ1) is 18.5. The van der Waals surface area contributed by atoms with Crippen molar-refractivity contribution < 1.29 is 38.7 Å². The maximum atomic E-state index is 9.10. The monoisotopic (exact) mass is 543 g/mol. The summed E-state index contributed by atoms with van der Waals surface area (Å²) >= 11 is 0. The Morgan fingerprint density at radius 1 is 0.821 bits per heavy atom. The number of fused-ring (bicyclic) bond motifs is 1. The van der Waals surface area contributed by atoms with E-state index in [1.807, 2.05) is 18.2 Å². The van der Waals surface area contributed by atoms with Gasteiger partial charge >= 0.3 is 11.9 Å². The first-order valence-electron chi connectivity index (χ1n) is 12.4. The minimum atomic E-state index is -1.82. The summed E-state index contributed by atoms with van der Waals surface area (Å²) < 4.78 is 22.5. The van der Waals surface area contributed by atoms with Gasteiger partial charge in [-0.25, -0.2) is 19.6 Å². The number of carbonyl (C=O) groups is 2. The highest BCUT2D eigenvalue weighted by Gasteiger charge is 2.18. The van der Waals surface area contributed by atoms with Gasteiger partial charge in [-0.3, -0.25) is 0 Å². The van der Waals surface area contributed by atoms with E-state index in [9.17, 15) is 0 Å². The fraction of sp³-hybridized carbons (Fsp3) is 0.429. The predicted molar refractivity (Wildman–Crippen MR) is 147 cm³/mol. The molecule has 0 amide bonds. The van der Waals surface area contributed by atoms with Gasteiger partial charge < -0.3 is 34.1 Å². The molecule has 2 aromatic carbocycles. The van der Waals surface area contributed by atoms with Crippen LogP contribution in [0.15, 0.2) is 36.7 Å². The number of aromatic nitrogens is 2. The number of carboxylic acid groups (broad SMARTS) is 2. The molecule has 11 heteroatoms. The number of anilines is 1. The summed E-state index contributed by atoms with van der Waals surface area (Å²) in [4.78, 5) is 29.6. The third-order valence-electron chi connectivity index (χ3n) is 5.36. The van der Waals surface area contributed by atoms with Crippen molar-refractivity contribution >= 4 is 28.7 Å². The molecule has 3 rings (SSSR count). The molecule has 0 saturated carbocycles.